The van der Waals surface area contributed by atoms with E-state index in [-0.39, 0.29) is 35.8 Å². The maximum atomic E-state index is 13.4. The van der Waals surface area contributed by atoms with E-state index in [1.54, 1.807) is 24.3 Å². The van der Waals surface area contributed by atoms with E-state index in [9.17, 15) is 14.0 Å². The maximum Gasteiger partial charge on any atom is 0.251 e. The van der Waals surface area contributed by atoms with E-state index in [4.69, 9.17) is 14.2 Å². The number of carbonyl (C=O) groups excluding carboxylic acids is 2. The van der Waals surface area contributed by atoms with Crippen molar-refractivity contribution in [3.05, 3.63) is 53.3 Å². The van der Waals surface area contributed by atoms with Crippen LogP contribution in [0.2, 0.25) is 0 Å². The van der Waals surface area contributed by atoms with Crippen LogP contribution in [0.15, 0.2) is 36.4 Å². The fourth-order valence-corrected chi connectivity index (χ4v) is 5.40. The third-order valence-corrected chi connectivity index (χ3v) is 7.09. The molecule has 4 rings (SSSR count). The Hall–Kier alpha value is -3.33. The average Bonchev–Trinajstić information content (AvgIpc) is 2.87. The number of amides is 2. The highest BCUT2D eigenvalue weighted by Gasteiger charge is 2.39. The van der Waals surface area contributed by atoms with Gasteiger partial charge in [-0.05, 0) is 55.5 Å². The number of nitrogens with one attached hydrogen (secondary N) is 2. The van der Waals surface area contributed by atoms with Gasteiger partial charge in [-0.25, -0.2) is 4.39 Å². The van der Waals surface area contributed by atoms with Crippen LogP contribution in [0.4, 0.5) is 4.39 Å². The van der Waals surface area contributed by atoms with Gasteiger partial charge in [0.05, 0.1) is 27.9 Å². The molecule has 2 aromatic rings. The van der Waals surface area contributed by atoms with Crippen molar-refractivity contribution in [1.82, 2.24) is 15.5 Å². The summed E-state index contributed by atoms with van der Waals surface area (Å²) in [5.74, 6) is 0.715. The van der Waals surface area contributed by atoms with Crippen molar-refractivity contribution in [1.29, 1.82) is 0 Å². The van der Waals surface area contributed by atoms with Crippen molar-refractivity contribution in [2.75, 3.05) is 27.9 Å². The van der Waals surface area contributed by atoms with Crippen molar-refractivity contribution in [2.45, 2.75) is 56.8 Å². The number of hydrogen-bond acceptors (Lipinski definition) is 6. The van der Waals surface area contributed by atoms with Gasteiger partial charge in [-0.15, -0.1) is 0 Å². The van der Waals surface area contributed by atoms with Gasteiger partial charge in [-0.3, -0.25) is 14.5 Å². The lowest BCUT2D eigenvalue weighted by Crippen LogP contribution is -2.58. The summed E-state index contributed by atoms with van der Waals surface area (Å²) in [4.78, 5) is 28.0. The Balaban J connectivity index is 1.36. The first-order chi connectivity index (χ1) is 17.4. The van der Waals surface area contributed by atoms with Gasteiger partial charge in [0.15, 0.2) is 11.5 Å². The lowest BCUT2D eigenvalue weighted by atomic mass is 9.81. The quantitative estimate of drug-likeness (QED) is 0.551. The minimum atomic E-state index is -0.313. The second-order valence-electron chi connectivity index (χ2n) is 9.37. The molecule has 2 unspecified atom stereocenters. The molecule has 194 valence electrons. The standard InChI is InChI=1S/C27H34FN3O5/c1-34-23-11-18(12-24(35-2)26(23)36-3)27(33)30-20-13-21-8-5-9-22(14-20)31(21)16-25(32)29-15-17-6-4-7-19(28)10-17/h4,6-7,10-12,20-22H,5,8-9,13-16H2,1-3H3,(H,29,32)(H,30,33). The van der Waals surface area contributed by atoms with E-state index >= 15 is 0 Å². The number of nitrogens with zero attached hydrogens (tertiary/aromatic N) is 1. The molecular formula is C27H34FN3O5. The van der Waals surface area contributed by atoms with Crippen LogP contribution in [0.1, 0.15) is 48.0 Å². The summed E-state index contributed by atoms with van der Waals surface area (Å²) in [7, 11) is 4.56. The van der Waals surface area contributed by atoms with Gasteiger partial charge >= 0.3 is 0 Å². The van der Waals surface area contributed by atoms with E-state index in [2.05, 4.69) is 15.5 Å². The number of carbonyl (C=O) groups is 2. The highest BCUT2D eigenvalue weighted by molar-refractivity contribution is 5.95. The van der Waals surface area contributed by atoms with Crippen LogP contribution in [0.3, 0.4) is 0 Å². The third kappa shape index (κ3) is 5.90. The highest BCUT2D eigenvalue weighted by atomic mass is 19.1. The molecule has 2 fully saturated rings. The first kappa shape index (κ1) is 25.8. The Kier molecular flexibility index (Phi) is 8.30. The molecule has 2 aliphatic heterocycles. The summed E-state index contributed by atoms with van der Waals surface area (Å²) in [6.45, 7) is 0.603. The fourth-order valence-electron chi connectivity index (χ4n) is 5.40. The molecular weight excluding hydrogens is 465 g/mol. The van der Waals surface area contributed by atoms with Gasteiger partial charge in [0.25, 0.3) is 5.91 Å². The lowest BCUT2D eigenvalue weighted by molar-refractivity contribution is -0.125. The molecule has 9 heteroatoms. The molecule has 36 heavy (non-hydrogen) atoms. The largest absolute Gasteiger partial charge is 0.493 e. The van der Waals surface area contributed by atoms with E-state index in [0.717, 1.165) is 37.7 Å². The smallest absolute Gasteiger partial charge is 0.251 e. The van der Waals surface area contributed by atoms with Crippen molar-refractivity contribution in [2.24, 2.45) is 0 Å². The van der Waals surface area contributed by atoms with E-state index < -0.39 is 0 Å². The first-order valence-corrected chi connectivity index (χ1v) is 12.3. The number of piperidine rings is 2. The van der Waals surface area contributed by atoms with Gasteiger partial charge in [-0.2, -0.15) is 0 Å². The number of benzene rings is 2. The molecule has 2 saturated heterocycles. The van der Waals surface area contributed by atoms with Crippen molar-refractivity contribution >= 4 is 11.8 Å². The van der Waals surface area contributed by atoms with Gasteiger partial charge in [0.1, 0.15) is 5.82 Å². The Labute approximate surface area is 211 Å². The molecule has 8 nitrogen and oxygen atoms in total. The molecule has 2 aromatic carbocycles. The second-order valence-corrected chi connectivity index (χ2v) is 9.37. The van der Waals surface area contributed by atoms with Crippen molar-refractivity contribution in [3.63, 3.8) is 0 Å². The predicted octanol–water partition coefficient (Wildman–Crippen LogP) is 3.28. The second kappa shape index (κ2) is 11.6. The molecule has 2 N–H and O–H groups in total. The highest BCUT2D eigenvalue weighted by Crippen LogP contribution is 2.38. The molecule has 0 saturated carbocycles. The summed E-state index contributed by atoms with van der Waals surface area (Å²) in [6.07, 6.45) is 4.66. The molecule has 0 radical (unpaired) electrons. The normalized spacial score (nSPS) is 21.4. The van der Waals surface area contributed by atoms with Crippen LogP contribution in [0.25, 0.3) is 0 Å². The van der Waals surface area contributed by atoms with Crippen LogP contribution in [-0.4, -0.2) is 62.7 Å². The molecule has 2 atom stereocenters. The Morgan fingerprint density at radius 1 is 1.00 bits per heavy atom. The maximum absolute atomic E-state index is 13.4. The van der Waals surface area contributed by atoms with Gasteiger partial charge in [0.2, 0.25) is 11.7 Å². The molecule has 0 aliphatic carbocycles. The minimum Gasteiger partial charge on any atom is -0.493 e. The van der Waals surface area contributed by atoms with Crippen LogP contribution in [0.5, 0.6) is 17.2 Å². The van der Waals surface area contributed by atoms with E-state index in [1.165, 1.54) is 33.5 Å². The third-order valence-electron chi connectivity index (χ3n) is 7.09. The van der Waals surface area contributed by atoms with E-state index in [0.29, 0.717) is 35.9 Å². The van der Waals surface area contributed by atoms with E-state index in [1.807, 2.05) is 0 Å². The van der Waals surface area contributed by atoms with Crippen LogP contribution in [0, 0.1) is 5.82 Å². The monoisotopic (exact) mass is 499 g/mol. The number of methoxy groups -OCH3 is 3. The minimum absolute atomic E-state index is 0.0125. The van der Waals surface area contributed by atoms with Crippen LogP contribution in [-0.2, 0) is 11.3 Å². The number of fused-ring (bicyclic) bond motifs is 2. The predicted molar refractivity (Wildman–Crippen MR) is 133 cm³/mol. The van der Waals surface area contributed by atoms with Crippen LogP contribution < -0.4 is 24.8 Å². The molecule has 2 aliphatic rings. The first-order valence-electron chi connectivity index (χ1n) is 12.3. The summed E-state index contributed by atoms with van der Waals surface area (Å²) in [5, 5.41) is 6.08. The van der Waals surface area contributed by atoms with Gasteiger partial charge in [0, 0.05) is 30.2 Å². The molecule has 2 amide bonds. The lowest BCUT2D eigenvalue weighted by Gasteiger charge is -2.48. The molecule has 0 aromatic heterocycles. The number of halogens is 1. The summed E-state index contributed by atoms with van der Waals surface area (Å²) in [6, 6.07) is 10.0. The van der Waals surface area contributed by atoms with Gasteiger partial charge in [-0.1, -0.05) is 18.6 Å². The zero-order valence-corrected chi connectivity index (χ0v) is 21.0. The SMILES string of the molecule is COc1cc(C(=O)NC2CC3CCCC(C2)N3CC(=O)NCc2cccc(F)c2)cc(OC)c1OC. The summed E-state index contributed by atoms with van der Waals surface area (Å²) >= 11 is 0. The summed E-state index contributed by atoms with van der Waals surface area (Å²) in [5.41, 5.74) is 1.17. The number of rotatable bonds is 9. The van der Waals surface area contributed by atoms with Crippen molar-refractivity contribution in [3.8, 4) is 17.2 Å². The fraction of sp³-hybridized carbons (Fsp3) is 0.481. The number of hydrogen-bond donors (Lipinski definition) is 2. The molecule has 2 bridgehead atoms. The summed E-state index contributed by atoms with van der Waals surface area (Å²) < 4.78 is 29.5. The zero-order valence-electron chi connectivity index (χ0n) is 21.0. The number of ether oxygens (including phenoxy) is 3. The zero-order chi connectivity index (χ0) is 25.7. The average molecular weight is 500 g/mol. The van der Waals surface area contributed by atoms with Crippen LogP contribution >= 0.6 is 0 Å². The van der Waals surface area contributed by atoms with Crippen molar-refractivity contribution < 1.29 is 28.2 Å². The van der Waals surface area contributed by atoms with Gasteiger partial charge < -0.3 is 24.8 Å². The molecule has 2 heterocycles. The molecule has 0 spiro atoms. The Bertz CT molecular complexity index is 1060. The Morgan fingerprint density at radius 3 is 2.25 bits per heavy atom. The Morgan fingerprint density at radius 2 is 1.67 bits per heavy atom. The topological polar surface area (TPSA) is 89.1 Å².